The summed E-state index contributed by atoms with van der Waals surface area (Å²) in [6.45, 7) is 12.8. The number of cyclic esters (lactones) is 1. The minimum atomic E-state index is -2.39. The zero-order chi connectivity index (χ0) is 39.9. The largest absolute Gasteiger partial charge is 0.472 e. The molecule has 4 saturated carbocycles. The first-order chi connectivity index (χ1) is 25.7. The van der Waals surface area contributed by atoms with Crippen LogP contribution in [0.4, 0.5) is 0 Å². The molecule has 1 aromatic heterocycles. The number of fused-ring (bicyclic) bond motifs is 3. The van der Waals surface area contributed by atoms with Gasteiger partial charge in [-0.2, -0.15) is 0 Å². The van der Waals surface area contributed by atoms with Crippen molar-refractivity contribution in [1.82, 2.24) is 0 Å². The summed E-state index contributed by atoms with van der Waals surface area (Å²) in [6.07, 6.45) is 0.137. The second-order valence-electron chi connectivity index (χ2n) is 17.6. The van der Waals surface area contributed by atoms with Gasteiger partial charge in [-0.15, -0.1) is 0 Å². The molecule has 15 nitrogen and oxygen atoms in total. The van der Waals surface area contributed by atoms with E-state index in [2.05, 4.69) is 0 Å². The van der Waals surface area contributed by atoms with Crippen molar-refractivity contribution in [2.75, 3.05) is 13.7 Å². The average molecular weight is 771 g/mol. The Morgan fingerprint density at radius 3 is 2.35 bits per heavy atom. The predicted octanol–water partition coefficient (Wildman–Crippen LogP) is 3.99. The molecular formula is C40H50O15. The zero-order valence-corrected chi connectivity index (χ0v) is 32.7. The number of methoxy groups -OCH3 is 1. The summed E-state index contributed by atoms with van der Waals surface area (Å²) in [4.78, 5) is 68.3. The van der Waals surface area contributed by atoms with Crippen LogP contribution in [0.3, 0.4) is 0 Å². The third kappa shape index (κ3) is 4.22. The Morgan fingerprint density at radius 1 is 1.02 bits per heavy atom. The lowest BCUT2D eigenvalue weighted by atomic mass is 9.33. The molecule has 0 unspecified atom stereocenters. The number of furan rings is 1. The van der Waals surface area contributed by atoms with Gasteiger partial charge in [0, 0.05) is 48.2 Å². The fourth-order valence-electron chi connectivity index (χ4n) is 12.9. The maximum Gasteiger partial charge on any atom is 0.333 e. The molecule has 1 aromatic rings. The van der Waals surface area contributed by atoms with Gasteiger partial charge in [0.05, 0.1) is 37.4 Å². The van der Waals surface area contributed by atoms with Crippen LogP contribution in [-0.4, -0.2) is 89.3 Å². The summed E-state index contributed by atoms with van der Waals surface area (Å²) in [5.74, 6) is -7.69. The van der Waals surface area contributed by atoms with Crippen molar-refractivity contribution < 1.29 is 71.4 Å². The maximum atomic E-state index is 14.2. The van der Waals surface area contributed by atoms with Gasteiger partial charge in [0.15, 0.2) is 11.7 Å². The van der Waals surface area contributed by atoms with E-state index in [4.69, 9.17) is 42.3 Å². The maximum absolute atomic E-state index is 14.2. The van der Waals surface area contributed by atoms with E-state index in [0.29, 0.717) is 5.56 Å². The van der Waals surface area contributed by atoms with E-state index < -0.39 is 117 Å². The molecule has 4 aliphatic carbocycles. The second-order valence-corrected chi connectivity index (χ2v) is 17.6. The monoisotopic (exact) mass is 770 g/mol. The molecular weight excluding hydrogens is 720 g/mol. The Kier molecular flexibility index (Phi) is 8.06. The third-order valence-electron chi connectivity index (χ3n) is 14.8. The highest BCUT2D eigenvalue weighted by Crippen LogP contribution is 2.90. The molecule has 0 aromatic carbocycles. The van der Waals surface area contributed by atoms with Crippen LogP contribution in [0.2, 0.25) is 0 Å². The lowest BCUT2D eigenvalue weighted by Crippen LogP contribution is -2.95. The van der Waals surface area contributed by atoms with E-state index in [9.17, 15) is 29.1 Å². The highest BCUT2D eigenvalue weighted by atomic mass is 16.9. The average Bonchev–Trinajstić information content (AvgIpc) is 3.83. The van der Waals surface area contributed by atoms with Crippen molar-refractivity contribution in [1.29, 1.82) is 0 Å². The molecule has 3 spiro atoms. The van der Waals surface area contributed by atoms with Crippen molar-refractivity contribution in [3.8, 4) is 0 Å². The molecule has 3 saturated heterocycles. The van der Waals surface area contributed by atoms with Gasteiger partial charge < -0.3 is 47.4 Å². The first-order valence-corrected chi connectivity index (χ1v) is 19.0. The Bertz CT molecular complexity index is 1890. The SMILES string of the molecule is CC=C(C)C(=O)O[C@H]1[C@]2(C)C[C@@]34O[C@]5(C)O[C@]6([C@H](CC(=O)OC)[C@](C)([C@@H](OC(C)=O)c7ccoc7)CC[C@]6(O5)[C@@]35COC(=O)C[C@@H]25)[C@H](OC(=O)C(C)C)[C@@]14O. The van der Waals surface area contributed by atoms with Crippen LogP contribution < -0.4 is 0 Å². The number of esters is 5. The summed E-state index contributed by atoms with van der Waals surface area (Å²) < 4.78 is 57.4. The molecule has 4 bridgehead atoms. The molecule has 55 heavy (non-hydrogen) atoms. The van der Waals surface area contributed by atoms with E-state index in [0.717, 1.165) is 0 Å². The van der Waals surface area contributed by atoms with Crippen molar-refractivity contribution in [3.05, 3.63) is 35.8 Å². The summed E-state index contributed by atoms with van der Waals surface area (Å²) in [6, 6.07) is 1.66. The van der Waals surface area contributed by atoms with Crippen LogP contribution in [0, 0.1) is 34.0 Å². The van der Waals surface area contributed by atoms with E-state index in [1.807, 2.05) is 13.8 Å². The van der Waals surface area contributed by atoms with Crippen LogP contribution in [0.25, 0.3) is 0 Å². The first kappa shape index (κ1) is 38.1. The number of hydrogen-bond acceptors (Lipinski definition) is 15. The number of carbonyl (C=O) groups is 5. The van der Waals surface area contributed by atoms with Crippen LogP contribution in [-0.2, 0) is 61.9 Å². The highest BCUT2D eigenvalue weighted by molar-refractivity contribution is 5.88. The minimum absolute atomic E-state index is 0.0601. The molecule has 0 amide bonds. The van der Waals surface area contributed by atoms with Gasteiger partial charge >= 0.3 is 29.8 Å². The molecule has 3 aliphatic heterocycles. The van der Waals surface area contributed by atoms with Gasteiger partial charge in [-0.1, -0.05) is 33.8 Å². The fraction of sp³-hybridized carbons (Fsp3) is 0.725. The predicted molar refractivity (Wildman–Crippen MR) is 184 cm³/mol. The number of allylic oxidation sites excluding steroid dienone is 1. The Morgan fingerprint density at radius 2 is 1.73 bits per heavy atom. The van der Waals surface area contributed by atoms with Crippen molar-refractivity contribution in [3.63, 3.8) is 0 Å². The quantitative estimate of drug-likeness (QED) is 0.215. The highest BCUT2D eigenvalue weighted by Gasteiger charge is 3.05. The standard InChI is InChI=1S/C40H50O15/c1-10-21(4)30(45)52-31-34(7)18-38-36(19-49-27(43)15-24(34)36)37-13-12-33(6,28(50-22(5)41)23-11-14-48-17-23)25(16-26(42)47-9)40(37,55-35(8,53-37)54-38)32(39(31,38)46)51-29(44)20(2)3/h10-11,14,17,20,24-25,28,31-32,46H,12-13,15-16,18-19H2,1-9H3/t24-,25+,28-,31-,32+,33+,34+,35+,36-,37-,38+,39-,40+/m0/s1. The number of ether oxygens (including phenoxy) is 8. The molecule has 0 radical (unpaired) electrons. The normalized spacial score (nSPS) is 46.4. The van der Waals surface area contributed by atoms with Crippen LogP contribution >= 0.6 is 0 Å². The summed E-state index contributed by atoms with van der Waals surface area (Å²) in [5, 5.41) is 14.1. The number of carbonyl (C=O) groups excluding carboxylic acids is 5. The molecule has 15 heteroatoms. The third-order valence-corrected chi connectivity index (χ3v) is 14.8. The Balaban J connectivity index is 1.48. The molecule has 4 heterocycles. The van der Waals surface area contributed by atoms with E-state index in [-0.39, 0.29) is 37.9 Å². The number of hydrogen-bond donors (Lipinski definition) is 1. The van der Waals surface area contributed by atoms with Crippen molar-refractivity contribution in [2.45, 2.75) is 134 Å². The Hall–Kier alpha value is -3.79. The zero-order valence-electron chi connectivity index (χ0n) is 32.7. The van der Waals surface area contributed by atoms with Crippen molar-refractivity contribution >= 4 is 29.8 Å². The molecule has 7 fully saturated rings. The van der Waals surface area contributed by atoms with Crippen molar-refractivity contribution in [2.24, 2.45) is 34.0 Å². The van der Waals surface area contributed by atoms with E-state index in [1.54, 1.807) is 46.8 Å². The van der Waals surface area contributed by atoms with Gasteiger partial charge in [-0.3, -0.25) is 19.2 Å². The van der Waals surface area contributed by atoms with Crippen LogP contribution in [0.5, 0.6) is 0 Å². The van der Waals surface area contributed by atoms with Gasteiger partial charge in [-0.05, 0) is 45.1 Å². The lowest BCUT2D eigenvalue weighted by molar-refractivity contribution is -0.486. The summed E-state index contributed by atoms with van der Waals surface area (Å²) in [5.41, 5.74) is -10.8. The summed E-state index contributed by atoms with van der Waals surface area (Å²) >= 11 is 0. The summed E-state index contributed by atoms with van der Waals surface area (Å²) in [7, 11) is 1.24. The lowest BCUT2D eigenvalue weighted by Gasteiger charge is -2.77. The van der Waals surface area contributed by atoms with Gasteiger partial charge in [-0.25, -0.2) is 4.79 Å². The van der Waals surface area contributed by atoms with Crippen LogP contribution in [0.1, 0.15) is 99.2 Å². The van der Waals surface area contributed by atoms with Gasteiger partial charge in [0.1, 0.15) is 35.6 Å². The minimum Gasteiger partial charge on any atom is -0.472 e. The number of rotatable bonds is 9. The molecule has 8 rings (SSSR count). The topological polar surface area (TPSA) is 193 Å². The number of aliphatic hydroxyl groups is 1. The van der Waals surface area contributed by atoms with Gasteiger partial charge in [0.25, 0.3) is 5.97 Å². The fourth-order valence-corrected chi connectivity index (χ4v) is 12.9. The smallest absolute Gasteiger partial charge is 0.333 e. The molecule has 300 valence electrons. The second kappa shape index (κ2) is 11.6. The van der Waals surface area contributed by atoms with Gasteiger partial charge in [0.2, 0.25) is 0 Å². The van der Waals surface area contributed by atoms with E-state index >= 15 is 0 Å². The molecule has 1 N–H and O–H groups in total. The molecule has 13 atom stereocenters. The Labute approximate surface area is 318 Å². The first-order valence-electron chi connectivity index (χ1n) is 19.0. The van der Waals surface area contributed by atoms with E-state index in [1.165, 1.54) is 26.6 Å². The molecule has 7 aliphatic rings. The van der Waals surface area contributed by atoms with Crippen LogP contribution in [0.15, 0.2) is 34.7 Å².